The zero-order chi connectivity index (χ0) is 23.4. The number of thiocarbonyl (C=S) groups is 1. The number of halogens is 1. The van der Waals surface area contributed by atoms with Crippen molar-refractivity contribution in [2.24, 2.45) is 0 Å². The number of methoxy groups -OCH3 is 2. The van der Waals surface area contributed by atoms with E-state index >= 15 is 0 Å². The molecule has 2 aromatic rings. The minimum absolute atomic E-state index is 0.0718. The fraction of sp³-hybridized carbons (Fsp3) is 0.238. The predicted molar refractivity (Wildman–Crippen MR) is 123 cm³/mol. The molecule has 0 bridgehead atoms. The van der Waals surface area contributed by atoms with Gasteiger partial charge in [0, 0.05) is 29.4 Å². The van der Waals surface area contributed by atoms with E-state index in [4.69, 9.17) is 33.3 Å². The van der Waals surface area contributed by atoms with Crippen molar-refractivity contribution in [3.05, 3.63) is 53.1 Å². The number of hydrogen-bond donors (Lipinski definition) is 2. The van der Waals surface area contributed by atoms with Crippen LogP contribution in [0.25, 0.3) is 0 Å². The van der Waals surface area contributed by atoms with Gasteiger partial charge in [0.25, 0.3) is 11.8 Å². The SMILES string of the molecule is COc1cc(OC)cc(C(=O)NN2C(=S)N(C)C(=O)C2CC(=O)Nc2ccc(Cl)cc2)c1. The van der Waals surface area contributed by atoms with E-state index in [1.54, 1.807) is 30.3 Å². The maximum atomic E-state index is 12.9. The molecular weight excluding hydrogens is 456 g/mol. The van der Waals surface area contributed by atoms with Gasteiger partial charge in [-0.15, -0.1) is 0 Å². The molecule has 3 amide bonds. The number of rotatable bonds is 7. The highest BCUT2D eigenvalue weighted by molar-refractivity contribution is 7.80. The van der Waals surface area contributed by atoms with Crippen LogP contribution in [0.1, 0.15) is 16.8 Å². The average Bonchev–Trinajstić information content (AvgIpc) is 2.98. The Bertz CT molecular complexity index is 1040. The van der Waals surface area contributed by atoms with Gasteiger partial charge in [-0.3, -0.25) is 24.7 Å². The summed E-state index contributed by atoms with van der Waals surface area (Å²) in [5.41, 5.74) is 3.38. The standard InChI is InChI=1S/C21H21ClN4O5S/c1-25-20(29)17(11-18(27)23-14-6-4-13(22)5-7-14)26(21(25)32)24-19(28)12-8-15(30-2)10-16(9-12)31-3/h4-10,17H,11H2,1-3H3,(H,23,27)(H,24,28). The number of carbonyl (C=O) groups is 3. The Hall–Kier alpha value is -3.37. The Morgan fingerprint density at radius 3 is 2.25 bits per heavy atom. The van der Waals surface area contributed by atoms with Crippen LogP contribution in [0.2, 0.25) is 5.02 Å². The highest BCUT2D eigenvalue weighted by Crippen LogP contribution is 2.24. The first-order valence-electron chi connectivity index (χ1n) is 9.43. The van der Waals surface area contributed by atoms with E-state index in [1.165, 1.54) is 43.3 Å². The number of amides is 3. The number of anilines is 1. The topological polar surface area (TPSA) is 100 Å². The van der Waals surface area contributed by atoms with Crippen LogP contribution in [0.15, 0.2) is 42.5 Å². The van der Waals surface area contributed by atoms with Crippen molar-refractivity contribution in [1.82, 2.24) is 15.3 Å². The van der Waals surface area contributed by atoms with Crippen LogP contribution < -0.4 is 20.2 Å². The summed E-state index contributed by atoms with van der Waals surface area (Å²) in [7, 11) is 4.42. The zero-order valence-electron chi connectivity index (χ0n) is 17.5. The molecule has 32 heavy (non-hydrogen) atoms. The van der Waals surface area contributed by atoms with Crippen LogP contribution in [-0.2, 0) is 9.59 Å². The van der Waals surface area contributed by atoms with Crippen LogP contribution in [-0.4, -0.2) is 60.1 Å². The summed E-state index contributed by atoms with van der Waals surface area (Å²) in [4.78, 5) is 39.3. The van der Waals surface area contributed by atoms with Crippen molar-refractivity contribution in [3.8, 4) is 11.5 Å². The molecule has 1 atom stereocenters. The molecule has 1 aliphatic heterocycles. The van der Waals surface area contributed by atoms with E-state index < -0.39 is 23.8 Å². The normalized spacial score (nSPS) is 15.6. The van der Waals surface area contributed by atoms with Gasteiger partial charge in [0.2, 0.25) is 5.91 Å². The third-order valence-electron chi connectivity index (χ3n) is 4.76. The van der Waals surface area contributed by atoms with Gasteiger partial charge in [0.05, 0.1) is 20.6 Å². The second-order valence-electron chi connectivity index (χ2n) is 6.87. The predicted octanol–water partition coefficient (Wildman–Crippen LogP) is 2.46. The Kier molecular flexibility index (Phi) is 7.16. The summed E-state index contributed by atoms with van der Waals surface area (Å²) in [6.45, 7) is 0. The molecule has 1 aliphatic rings. The molecule has 0 saturated carbocycles. The fourth-order valence-corrected chi connectivity index (χ4v) is 3.45. The number of likely N-dealkylation sites (N-methyl/N-ethyl adjacent to an activating group) is 1. The molecule has 3 rings (SSSR count). The second-order valence-corrected chi connectivity index (χ2v) is 7.67. The van der Waals surface area contributed by atoms with E-state index in [-0.39, 0.29) is 17.1 Å². The van der Waals surface area contributed by atoms with Gasteiger partial charge in [0.15, 0.2) is 5.11 Å². The Labute approximate surface area is 195 Å². The second kappa shape index (κ2) is 9.84. The lowest BCUT2D eigenvalue weighted by Crippen LogP contribution is -2.49. The largest absolute Gasteiger partial charge is 0.497 e. The molecule has 9 nitrogen and oxygen atoms in total. The van der Waals surface area contributed by atoms with Crippen LogP contribution in [0, 0.1) is 0 Å². The highest BCUT2D eigenvalue weighted by atomic mass is 35.5. The maximum Gasteiger partial charge on any atom is 0.270 e. The van der Waals surface area contributed by atoms with Crippen molar-refractivity contribution in [2.45, 2.75) is 12.5 Å². The smallest absolute Gasteiger partial charge is 0.270 e. The molecule has 1 heterocycles. The van der Waals surface area contributed by atoms with Gasteiger partial charge in [-0.2, -0.15) is 0 Å². The monoisotopic (exact) mass is 476 g/mol. The summed E-state index contributed by atoms with van der Waals surface area (Å²) in [5, 5.41) is 4.52. The van der Waals surface area contributed by atoms with Gasteiger partial charge in [-0.05, 0) is 48.6 Å². The summed E-state index contributed by atoms with van der Waals surface area (Å²) in [6.07, 6.45) is -0.229. The van der Waals surface area contributed by atoms with Crippen molar-refractivity contribution in [2.75, 3.05) is 26.6 Å². The molecular formula is C21H21ClN4O5S. The fourth-order valence-electron chi connectivity index (χ4n) is 3.06. The van der Waals surface area contributed by atoms with Gasteiger partial charge in [-0.25, -0.2) is 5.01 Å². The summed E-state index contributed by atoms with van der Waals surface area (Å²) < 4.78 is 10.4. The third kappa shape index (κ3) is 5.09. The molecule has 2 aromatic carbocycles. The van der Waals surface area contributed by atoms with E-state index in [9.17, 15) is 14.4 Å². The highest BCUT2D eigenvalue weighted by Gasteiger charge is 2.42. The number of nitrogens with one attached hydrogen (secondary N) is 2. The first-order valence-corrected chi connectivity index (χ1v) is 10.2. The first-order chi connectivity index (χ1) is 15.2. The third-order valence-corrected chi connectivity index (χ3v) is 5.49. The Balaban J connectivity index is 1.76. The quantitative estimate of drug-likeness (QED) is 0.592. The van der Waals surface area contributed by atoms with Crippen LogP contribution in [0.3, 0.4) is 0 Å². The first kappa shape index (κ1) is 23.3. The zero-order valence-corrected chi connectivity index (χ0v) is 19.1. The number of hydrogen-bond acceptors (Lipinski definition) is 6. The van der Waals surface area contributed by atoms with Crippen LogP contribution >= 0.6 is 23.8 Å². The summed E-state index contributed by atoms with van der Waals surface area (Å²) in [5.74, 6) is -0.539. The van der Waals surface area contributed by atoms with Gasteiger partial charge < -0.3 is 14.8 Å². The lowest BCUT2D eigenvalue weighted by atomic mass is 10.1. The Morgan fingerprint density at radius 2 is 1.69 bits per heavy atom. The van der Waals surface area contributed by atoms with Gasteiger partial charge in [0.1, 0.15) is 17.5 Å². The van der Waals surface area contributed by atoms with E-state index in [2.05, 4.69) is 10.7 Å². The molecule has 168 valence electrons. The molecule has 1 saturated heterocycles. The molecule has 2 N–H and O–H groups in total. The minimum atomic E-state index is -1.00. The average molecular weight is 477 g/mol. The van der Waals surface area contributed by atoms with Crippen molar-refractivity contribution < 1.29 is 23.9 Å². The van der Waals surface area contributed by atoms with Gasteiger partial charge in [-0.1, -0.05) is 11.6 Å². The maximum absolute atomic E-state index is 12.9. The molecule has 11 heteroatoms. The van der Waals surface area contributed by atoms with Crippen molar-refractivity contribution >= 4 is 52.3 Å². The lowest BCUT2D eigenvalue weighted by Gasteiger charge is -2.24. The van der Waals surface area contributed by atoms with Gasteiger partial charge >= 0.3 is 0 Å². The Morgan fingerprint density at radius 1 is 1.09 bits per heavy atom. The number of nitrogens with zero attached hydrogens (tertiary/aromatic N) is 2. The van der Waals surface area contributed by atoms with Crippen LogP contribution in [0.4, 0.5) is 5.69 Å². The van der Waals surface area contributed by atoms with E-state index in [1.807, 2.05) is 0 Å². The molecule has 0 spiro atoms. The number of carbonyl (C=O) groups excluding carboxylic acids is 3. The van der Waals surface area contributed by atoms with E-state index in [0.29, 0.717) is 22.2 Å². The van der Waals surface area contributed by atoms with Crippen molar-refractivity contribution in [3.63, 3.8) is 0 Å². The molecule has 0 aromatic heterocycles. The molecule has 1 unspecified atom stereocenters. The lowest BCUT2D eigenvalue weighted by molar-refractivity contribution is -0.130. The van der Waals surface area contributed by atoms with Crippen LogP contribution in [0.5, 0.6) is 11.5 Å². The number of ether oxygens (including phenoxy) is 2. The summed E-state index contributed by atoms with van der Waals surface area (Å²) in [6, 6.07) is 10.2. The van der Waals surface area contributed by atoms with E-state index in [0.717, 1.165) is 0 Å². The number of hydrazine groups is 1. The molecule has 0 radical (unpaired) electrons. The molecule has 1 fully saturated rings. The number of benzene rings is 2. The van der Waals surface area contributed by atoms with Crippen molar-refractivity contribution in [1.29, 1.82) is 0 Å². The molecule has 0 aliphatic carbocycles. The minimum Gasteiger partial charge on any atom is -0.497 e. The summed E-state index contributed by atoms with van der Waals surface area (Å²) >= 11 is 11.2.